The van der Waals surface area contributed by atoms with Crippen LogP contribution in [-0.2, 0) is 14.3 Å². The molecule has 0 saturated carbocycles. The van der Waals surface area contributed by atoms with Gasteiger partial charge in [-0.1, -0.05) is 30.3 Å². The third-order valence-electron chi connectivity index (χ3n) is 4.10. The number of hydrogen-bond donors (Lipinski definition) is 1. The van der Waals surface area contributed by atoms with Crippen molar-refractivity contribution in [1.29, 1.82) is 0 Å². The highest BCUT2D eigenvalue weighted by atomic mass is 16.5. The third kappa shape index (κ3) is 7.23. The summed E-state index contributed by atoms with van der Waals surface area (Å²) in [5, 5.41) is 2.79. The number of Topliss-reactive ketones (excluding diaryl/α,β-unsaturated/α-hetero) is 1. The van der Waals surface area contributed by atoms with Gasteiger partial charge >= 0.3 is 5.97 Å². The lowest BCUT2D eigenvalue weighted by Gasteiger charge is -2.14. The van der Waals surface area contributed by atoms with Gasteiger partial charge in [0, 0.05) is 12.0 Å². The second-order valence-corrected chi connectivity index (χ2v) is 6.39. The average molecular weight is 383 g/mol. The number of benzene rings is 2. The third-order valence-corrected chi connectivity index (χ3v) is 4.10. The topological polar surface area (TPSA) is 81.7 Å². The van der Waals surface area contributed by atoms with Gasteiger partial charge in [0.1, 0.15) is 5.75 Å². The summed E-state index contributed by atoms with van der Waals surface area (Å²) in [5.41, 5.74) is 1.60. The second kappa shape index (κ2) is 10.9. The smallest absolute Gasteiger partial charge is 0.306 e. The Morgan fingerprint density at radius 3 is 2.32 bits per heavy atom. The highest BCUT2D eigenvalue weighted by Gasteiger charge is 2.11. The molecule has 6 heteroatoms. The maximum Gasteiger partial charge on any atom is 0.306 e. The Morgan fingerprint density at radius 2 is 1.68 bits per heavy atom. The van der Waals surface area contributed by atoms with Crippen LogP contribution >= 0.6 is 0 Å². The largest absolute Gasteiger partial charge is 0.494 e. The van der Waals surface area contributed by atoms with E-state index in [0.717, 1.165) is 5.56 Å². The maximum atomic E-state index is 11.9. The molecule has 0 aliphatic rings. The summed E-state index contributed by atoms with van der Waals surface area (Å²) in [4.78, 5) is 34.8. The van der Waals surface area contributed by atoms with E-state index >= 15 is 0 Å². The van der Waals surface area contributed by atoms with Crippen LogP contribution in [0.15, 0.2) is 54.6 Å². The van der Waals surface area contributed by atoms with Gasteiger partial charge in [-0.15, -0.1) is 0 Å². The van der Waals surface area contributed by atoms with E-state index in [9.17, 15) is 14.4 Å². The van der Waals surface area contributed by atoms with Crippen LogP contribution in [0.2, 0.25) is 0 Å². The van der Waals surface area contributed by atoms with E-state index in [2.05, 4.69) is 5.32 Å². The summed E-state index contributed by atoms with van der Waals surface area (Å²) in [7, 11) is 0. The normalized spacial score (nSPS) is 11.4. The molecule has 0 heterocycles. The molecule has 0 spiro atoms. The van der Waals surface area contributed by atoms with E-state index in [1.54, 1.807) is 24.3 Å². The molecule has 0 fully saturated rings. The minimum Gasteiger partial charge on any atom is -0.494 e. The first-order valence-corrected chi connectivity index (χ1v) is 9.19. The number of ketones is 1. The molecular formula is C22H25NO5. The van der Waals surface area contributed by atoms with Crippen molar-refractivity contribution >= 4 is 17.7 Å². The molecule has 0 unspecified atom stereocenters. The number of ether oxygens (including phenoxy) is 2. The average Bonchev–Trinajstić information content (AvgIpc) is 2.70. The van der Waals surface area contributed by atoms with Crippen LogP contribution in [-0.4, -0.2) is 30.9 Å². The lowest BCUT2D eigenvalue weighted by atomic mass is 10.1. The van der Waals surface area contributed by atoms with Crippen LogP contribution < -0.4 is 10.1 Å². The van der Waals surface area contributed by atoms with Crippen molar-refractivity contribution in [2.75, 3.05) is 13.2 Å². The van der Waals surface area contributed by atoms with Gasteiger partial charge in [0.15, 0.2) is 12.4 Å². The zero-order chi connectivity index (χ0) is 20.4. The van der Waals surface area contributed by atoms with Crippen LogP contribution in [0.5, 0.6) is 5.75 Å². The van der Waals surface area contributed by atoms with Gasteiger partial charge in [-0.3, -0.25) is 14.4 Å². The molecule has 1 N–H and O–H groups in total. The molecule has 0 bridgehead atoms. The summed E-state index contributed by atoms with van der Waals surface area (Å²) >= 11 is 0. The maximum absolute atomic E-state index is 11.9. The molecule has 0 aliphatic heterocycles. The molecule has 2 aromatic rings. The van der Waals surface area contributed by atoms with Crippen molar-refractivity contribution in [2.24, 2.45) is 0 Å². The molecule has 148 valence electrons. The first-order valence-electron chi connectivity index (χ1n) is 9.19. The fourth-order valence-corrected chi connectivity index (χ4v) is 2.52. The first-order chi connectivity index (χ1) is 13.5. The van der Waals surface area contributed by atoms with Gasteiger partial charge in [0.25, 0.3) is 5.91 Å². The van der Waals surface area contributed by atoms with Gasteiger partial charge in [-0.2, -0.15) is 0 Å². The minimum absolute atomic E-state index is 0.00325. The van der Waals surface area contributed by atoms with Crippen molar-refractivity contribution in [3.05, 3.63) is 65.7 Å². The van der Waals surface area contributed by atoms with E-state index in [1.807, 2.05) is 37.3 Å². The van der Waals surface area contributed by atoms with E-state index < -0.39 is 5.97 Å². The van der Waals surface area contributed by atoms with Gasteiger partial charge in [-0.25, -0.2) is 0 Å². The number of rotatable bonds is 10. The van der Waals surface area contributed by atoms with Crippen molar-refractivity contribution in [3.8, 4) is 5.75 Å². The first kappa shape index (κ1) is 21.2. The Bertz CT molecular complexity index is 786. The lowest BCUT2D eigenvalue weighted by Crippen LogP contribution is -2.31. The SMILES string of the molecule is CC(=O)c1ccc(OCCCC(=O)OCC(=O)N[C@H](C)c2ccccc2)cc1. The zero-order valence-corrected chi connectivity index (χ0v) is 16.1. The molecule has 0 aliphatic carbocycles. The second-order valence-electron chi connectivity index (χ2n) is 6.39. The lowest BCUT2D eigenvalue weighted by molar-refractivity contribution is -0.148. The Balaban J connectivity index is 1.60. The van der Waals surface area contributed by atoms with Crippen LogP contribution in [0.4, 0.5) is 0 Å². The van der Waals surface area contributed by atoms with E-state index in [1.165, 1.54) is 6.92 Å². The molecule has 2 rings (SSSR count). The molecule has 0 aromatic heterocycles. The monoisotopic (exact) mass is 383 g/mol. The Hall–Kier alpha value is -3.15. The number of esters is 1. The van der Waals surface area contributed by atoms with Gasteiger partial charge < -0.3 is 14.8 Å². The van der Waals surface area contributed by atoms with E-state index in [0.29, 0.717) is 24.3 Å². The summed E-state index contributed by atoms with van der Waals surface area (Å²) in [6, 6.07) is 16.2. The van der Waals surface area contributed by atoms with E-state index in [-0.39, 0.29) is 30.8 Å². The molecule has 0 radical (unpaired) electrons. The summed E-state index contributed by atoms with van der Waals surface area (Å²) in [6.07, 6.45) is 0.627. The molecule has 0 saturated heterocycles. The molecule has 1 amide bonds. The number of carbonyl (C=O) groups excluding carboxylic acids is 3. The van der Waals surface area contributed by atoms with Crippen LogP contribution in [0.1, 0.15) is 48.7 Å². The van der Waals surface area contributed by atoms with Crippen LogP contribution in [0.3, 0.4) is 0 Å². The number of carbonyl (C=O) groups is 3. The minimum atomic E-state index is -0.446. The summed E-state index contributed by atoms with van der Waals surface area (Å²) < 4.78 is 10.5. The molecule has 6 nitrogen and oxygen atoms in total. The molecule has 1 atom stereocenters. The molecule has 28 heavy (non-hydrogen) atoms. The van der Waals surface area contributed by atoms with Gasteiger partial charge in [0.05, 0.1) is 12.6 Å². The summed E-state index contributed by atoms with van der Waals surface area (Å²) in [5.74, 6) is -0.159. The van der Waals surface area contributed by atoms with Crippen molar-refractivity contribution < 1.29 is 23.9 Å². The van der Waals surface area contributed by atoms with Crippen molar-refractivity contribution in [2.45, 2.75) is 32.7 Å². The predicted molar refractivity (Wildman–Crippen MR) is 105 cm³/mol. The van der Waals surface area contributed by atoms with Crippen molar-refractivity contribution in [1.82, 2.24) is 5.32 Å². The summed E-state index contributed by atoms with van der Waals surface area (Å²) in [6.45, 7) is 3.41. The Morgan fingerprint density at radius 1 is 1.00 bits per heavy atom. The fraction of sp³-hybridized carbons (Fsp3) is 0.318. The number of amides is 1. The Kier molecular flexibility index (Phi) is 8.21. The van der Waals surface area contributed by atoms with Crippen LogP contribution in [0.25, 0.3) is 0 Å². The molecule has 2 aromatic carbocycles. The highest BCUT2D eigenvalue weighted by molar-refractivity contribution is 5.94. The predicted octanol–water partition coefficient (Wildman–Crippen LogP) is 3.47. The fourth-order valence-electron chi connectivity index (χ4n) is 2.52. The number of hydrogen-bond acceptors (Lipinski definition) is 5. The van der Waals surface area contributed by atoms with Gasteiger partial charge in [0.2, 0.25) is 0 Å². The highest BCUT2D eigenvalue weighted by Crippen LogP contribution is 2.13. The number of nitrogens with one attached hydrogen (secondary N) is 1. The van der Waals surface area contributed by atoms with Gasteiger partial charge in [-0.05, 0) is 50.1 Å². The molecular weight excluding hydrogens is 358 g/mol. The standard InChI is InChI=1S/C22H25NO5/c1-16(18-7-4-3-5-8-18)23-21(25)15-28-22(26)9-6-14-27-20-12-10-19(11-13-20)17(2)24/h3-5,7-8,10-13,16H,6,9,14-15H2,1-2H3,(H,23,25)/t16-/m1/s1. The quantitative estimate of drug-likeness (QED) is 0.386. The Labute approximate surface area is 164 Å². The zero-order valence-electron chi connectivity index (χ0n) is 16.1. The van der Waals surface area contributed by atoms with E-state index in [4.69, 9.17) is 9.47 Å². The van der Waals surface area contributed by atoms with Crippen LogP contribution in [0, 0.1) is 0 Å². The van der Waals surface area contributed by atoms with Crippen molar-refractivity contribution in [3.63, 3.8) is 0 Å².